The van der Waals surface area contributed by atoms with Crippen molar-refractivity contribution in [1.82, 2.24) is 15.2 Å². The number of methoxy groups -OCH3 is 1. The van der Waals surface area contributed by atoms with Crippen LogP contribution in [0.1, 0.15) is 40.5 Å². The van der Waals surface area contributed by atoms with Gasteiger partial charge in [-0.05, 0) is 73.3 Å². The van der Waals surface area contributed by atoms with Crippen molar-refractivity contribution in [2.45, 2.75) is 25.4 Å². The number of amides is 1. The molecule has 4 rings (SSSR count). The van der Waals surface area contributed by atoms with Crippen LogP contribution >= 0.6 is 0 Å². The minimum atomic E-state index is -0.422. The van der Waals surface area contributed by atoms with Crippen LogP contribution in [-0.4, -0.2) is 36.0 Å². The number of piperidine rings is 1. The van der Waals surface area contributed by atoms with Gasteiger partial charge >= 0.3 is 0 Å². The van der Waals surface area contributed by atoms with Crippen LogP contribution in [0.2, 0.25) is 0 Å². The van der Waals surface area contributed by atoms with Crippen molar-refractivity contribution in [3.8, 4) is 5.75 Å². The Balaban J connectivity index is 1.52. The Morgan fingerprint density at radius 3 is 2.84 bits per heavy atom. The number of nitrogens with zero attached hydrogens (tertiary/aromatic N) is 2. The molecule has 32 heavy (non-hydrogen) atoms. The summed E-state index contributed by atoms with van der Waals surface area (Å²) in [7, 11) is 1.68. The van der Waals surface area contributed by atoms with E-state index in [-0.39, 0.29) is 17.9 Å². The first-order valence-corrected chi connectivity index (χ1v) is 10.9. The molecule has 1 amide bonds. The Morgan fingerprint density at radius 2 is 2.06 bits per heavy atom. The van der Waals surface area contributed by atoms with Gasteiger partial charge in [0.1, 0.15) is 11.6 Å². The van der Waals surface area contributed by atoms with E-state index >= 15 is 0 Å². The fourth-order valence-corrected chi connectivity index (χ4v) is 4.38. The molecule has 1 aliphatic heterocycles. The summed E-state index contributed by atoms with van der Waals surface area (Å²) in [5.41, 5.74) is 2.34. The summed E-state index contributed by atoms with van der Waals surface area (Å²) in [5, 5.41) is 3.13. The molecular formula is C26H28FN3O2. The number of nitrogens with one attached hydrogen (secondary N) is 1. The predicted molar refractivity (Wildman–Crippen MR) is 122 cm³/mol. The number of aromatic nitrogens is 1. The first-order chi connectivity index (χ1) is 15.6. The Morgan fingerprint density at radius 1 is 1.19 bits per heavy atom. The van der Waals surface area contributed by atoms with Gasteiger partial charge in [-0.25, -0.2) is 4.39 Å². The summed E-state index contributed by atoms with van der Waals surface area (Å²) >= 11 is 0. The number of benzene rings is 2. The number of rotatable bonds is 7. The van der Waals surface area contributed by atoms with Crippen LogP contribution in [0.4, 0.5) is 4.39 Å². The van der Waals surface area contributed by atoms with Gasteiger partial charge in [0.25, 0.3) is 5.91 Å². The summed E-state index contributed by atoms with van der Waals surface area (Å²) in [6.07, 6.45) is 3.76. The van der Waals surface area contributed by atoms with Crippen molar-refractivity contribution in [3.05, 3.63) is 95.6 Å². The van der Waals surface area contributed by atoms with E-state index in [9.17, 15) is 9.18 Å². The molecule has 0 bridgehead atoms. The van der Waals surface area contributed by atoms with Gasteiger partial charge in [0.2, 0.25) is 0 Å². The summed E-state index contributed by atoms with van der Waals surface area (Å²) in [6.45, 7) is 2.66. The molecule has 2 atom stereocenters. The highest BCUT2D eigenvalue weighted by atomic mass is 19.1. The zero-order chi connectivity index (χ0) is 22.3. The monoisotopic (exact) mass is 433 g/mol. The number of halogens is 1. The maximum Gasteiger partial charge on any atom is 0.251 e. The molecule has 1 aromatic heterocycles. The van der Waals surface area contributed by atoms with Crippen LogP contribution in [0.5, 0.6) is 5.75 Å². The number of hydrogen-bond acceptors (Lipinski definition) is 4. The quantitative estimate of drug-likeness (QED) is 0.591. The molecule has 0 radical (unpaired) electrons. The second-order valence-corrected chi connectivity index (χ2v) is 8.21. The number of carbonyl (C=O) groups is 1. The van der Waals surface area contributed by atoms with E-state index in [4.69, 9.17) is 4.74 Å². The van der Waals surface area contributed by atoms with Crippen LogP contribution in [0.3, 0.4) is 0 Å². The average molecular weight is 434 g/mol. The minimum absolute atomic E-state index is 0.196. The van der Waals surface area contributed by atoms with E-state index < -0.39 is 5.82 Å². The largest absolute Gasteiger partial charge is 0.497 e. The van der Waals surface area contributed by atoms with Crippen molar-refractivity contribution < 1.29 is 13.9 Å². The number of hydrogen-bond donors (Lipinski definition) is 1. The van der Waals surface area contributed by atoms with Gasteiger partial charge < -0.3 is 10.1 Å². The summed E-state index contributed by atoms with van der Waals surface area (Å²) < 4.78 is 19.0. The minimum Gasteiger partial charge on any atom is -0.497 e. The molecule has 1 fully saturated rings. The molecule has 0 aliphatic carbocycles. The third-order valence-corrected chi connectivity index (χ3v) is 5.93. The van der Waals surface area contributed by atoms with Crippen molar-refractivity contribution in [2.75, 3.05) is 20.2 Å². The molecule has 2 aromatic carbocycles. The molecule has 166 valence electrons. The number of ether oxygens (including phenoxy) is 1. The smallest absolute Gasteiger partial charge is 0.251 e. The lowest BCUT2D eigenvalue weighted by atomic mass is 9.88. The van der Waals surface area contributed by atoms with E-state index in [2.05, 4.69) is 27.3 Å². The first-order valence-electron chi connectivity index (χ1n) is 10.9. The third kappa shape index (κ3) is 5.51. The van der Waals surface area contributed by atoms with E-state index in [1.807, 2.05) is 30.3 Å². The molecule has 1 N–H and O–H groups in total. The molecule has 1 aliphatic rings. The summed E-state index contributed by atoms with van der Waals surface area (Å²) in [6, 6.07) is 19.4. The highest BCUT2D eigenvalue weighted by molar-refractivity contribution is 5.94. The number of likely N-dealkylation sites (tertiary alicyclic amines) is 1. The Kier molecular flexibility index (Phi) is 7.12. The van der Waals surface area contributed by atoms with Crippen molar-refractivity contribution in [1.29, 1.82) is 0 Å². The molecule has 0 saturated carbocycles. The average Bonchev–Trinajstić information content (AvgIpc) is 2.83. The van der Waals surface area contributed by atoms with Crippen molar-refractivity contribution >= 4 is 5.91 Å². The third-order valence-electron chi connectivity index (χ3n) is 5.93. The Bertz CT molecular complexity index is 1040. The van der Waals surface area contributed by atoms with E-state index in [1.165, 1.54) is 17.7 Å². The highest BCUT2D eigenvalue weighted by Crippen LogP contribution is 2.30. The fourth-order valence-electron chi connectivity index (χ4n) is 4.38. The molecule has 5 nitrogen and oxygen atoms in total. The van der Waals surface area contributed by atoms with Gasteiger partial charge in [-0.2, -0.15) is 0 Å². The van der Waals surface area contributed by atoms with Crippen molar-refractivity contribution in [2.24, 2.45) is 5.92 Å². The van der Waals surface area contributed by atoms with Crippen LogP contribution in [-0.2, 0) is 6.54 Å². The highest BCUT2D eigenvalue weighted by Gasteiger charge is 2.30. The first kappa shape index (κ1) is 22.0. The van der Waals surface area contributed by atoms with Gasteiger partial charge in [-0.15, -0.1) is 0 Å². The lowest BCUT2D eigenvalue weighted by molar-refractivity contribution is 0.0874. The predicted octanol–water partition coefficient (Wildman–Crippen LogP) is 4.61. The fraction of sp³-hybridized carbons (Fsp3) is 0.308. The zero-order valence-electron chi connectivity index (χ0n) is 18.2. The SMILES string of the molecule is COc1cccc(CN2CCC[C@H]([C@H](NC(=O)c3cccc(F)c3)c3ccccn3)C2)c1. The molecule has 1 saturated heterocycles. The van der Waals surface area contributed by atoms with Crippen molar-refractivity contribution in [3.63, 3.8) is 0 Å². The lowest BCUT2D eigenvalue weighted by Crippen LogP contribution is -2.43. The molecule has 2 heterocycles. The summed E-state index contributed by atoms with van der Waals surface area (Å²) in [4.78, 5) is 19.9. The molecule has 6 heteroatoms. The van der Waals surface area contributed by atoms with Gasteiger partial charge in [0.05, 0.1) is 18.8 Å². The second kappa shape index (κ2) is 10.4. The lowest BCUT2D eigenvalue weighted by Gasteiger charge is -2.37. The molecule has 0 spiro atoms. The van der Waals surface area contributed by atoms with Crippen LogP contribution in [0.25, 0.3) is 0 Å². The topological polar surface area (TPSA) is 54.5 Å². The summed E-state index contributed by atoms with van der Waals surface area (Å²) in [5.74, 6) is 0.339. The normalized spacial score (nSPS) is 17.5. The molecule has 0 unspecified atom stereocenters. The van der Waals surface area contributed by atoms with Gasteiger partial charge in [0, 0.05) is 24.8 Å². The Hall–Kier alpha value is -3.25. The van der Waals surface area contributed by atoms with Crippen LogP contribution < -0.4 is 10.1 Å². The maximum atomic E-state index is 13.6. The molecular weight excluding hydrogens is 405 g/mol. The second-order valence-electron chi connectivity index (χ2n) is 8.21. The van der Waals surface area contributed by atoms with Crippen LogP contribution in [0, 0.1) is 11.7 Å². The van der Waals surface area contributed by atoms with Gasteiger partial charge in [-0.1, -0.05) is 24.3 Å². The number of carbonyl (C=O) groups excluding carboxylic acids is 1. The van der Waals surface area contributed by atoms with Crippen LogP contribution in [0.15, 0.2) is 72.9 Å². The van der Waals surface area contributed by atoms with E-state index in [0.717, 1.165) is 43.9 Å². The molecule has 3 aromatic rings. The maximum absolute atomic E-state index is 13.6. The Labute approximate surface area is 188 Å². The van der Waals surface area contributed by atoms with E-state index in [0.29, 0.717) is 5.56 Å². The van der Waals surface area contributed by atoms with E-state index in [1.54, 1.807) is 25.4 Å². The number of pyridine rings is 1. The van der Waals surface area contributed by atoms with Gasteiger partial charge in [-0.3, -0.25) is 14.7 Å². The standard InChI is InChI=1S/C26H28FN3O2/c1-32-23-11-4-7-19(15-23)17-30-14-6-9-21(18-30)25(24-12-2-3-13-28-24)29-26(31)20-8-5-10-22(27)16-20/h2-5,7-8,10-13,15-16,21,25H,6,9,14,17-18H2,1H3,(H,29,31)/t21-,25-/m0/s1. The van der Waals surface area contributed by atoms with Gasteiger partial charge in [0.15, 0.2) is 0 Å². The zero-order valence-corrected chi connectivity index (χ0v) is 18.2.